The van der Waals surface area contributed by atoms with E-state index in [4.69, 9.17) is 4.43 Å². The Bertz CT molecular complexity index is 314. The highest BCUT2D eigenvalue weighted by atomic mass is 127. The summed E-state index contributed by atoms with van der Waals surface area (Å²) in [5.41, 5.74) is 0.563. The van der Waals surface area contributed by atoms with E-state index in [0.29, 0.717) is 11.5 Å². The van der Waals surface area contributed by atoms with Crippen LogP contribution in [0, 0.1) is 23.2 Å². The molecule has 0 aromatic carbocycles. The summed E-state index contributed by atoms with van der Waals surface area (Å²) in [6.07, 6.45) is 7.56. The molecule has 0 N–H and O–H groups in total. The molecule has 19 heavy (non-hydrogen) atoms. The first kappa shape index (κ1) is 16.3. The van der Waals surface area contributed by atoms with Crippen LogP contribution in [0.4, 0.5) is 0 Å². The second kappa shape index (κ2) is 5.96. The van der Waals surface area contributed by atoms with E-state index in [1.807, 2.05) is 0 Å². The Balaban J connectivity index is 2.14. The highest BCUT2D eigenvalue weighted by Crippen LogP contribution is 2.58. The molecule has 0 saturated heterocycles. The van der Waals surface area contributed by atoms with Gasteiger partial charge in [-0.1, -0.05) is 42.9 Å². The van der Waals surface area contributed by atoms with E-state index in [2.05, 4.69) is 56.1 Å². The Hall–Kier alpha value is 0.907. The van der Waals surface area contributed by atoms with Crippen molar-refractivity contribution in [3.63, 3.8) is 0 Å². The normalized spacial score (nSPS) is 41.1. The van der Waals surface area contributed by atoms with Gasteiger partial charge < -0.3 is 4.43 Å². The van der Waals surface area contributed by atoms with Crippen LogP contribution in [0.2, 0.25) is 19.6 Å². The van der Waals surface area contributed by atoms with Crippen LogP contribution in [0.1, 0.15) is 46.0 Å². The molecule has 2 aliphatic rings. The van der Waals surface area contributed by atoms with E-state index in [1.165, 1.54) is 36.5 Å². The van der Waals surface area contributed by atoms with Crippen molar-refractivity contribution < 1.29 is 4.43 Å². The number of halogens is 1. The molecule has 0 bridgehead atoms. The highest BCUT2D eigenvalue weighted by Gasteiger charge is 2.53. The van der Waals surface area contributed by atoms with Crippen LogP contribution in [-0.4, -0.2) is 18.8 Å². The van der Waals surface area contributed by atoms with Crippen molar-refractivity contribution in [2.45, 2.75) is 71.7 Å². The predicted octanol–water partition coefficient (Wildman–Crippen LogP) is 5.49. The van der Waals surface area contributed by atoms with Crippen molar-refractivity contribution >= 4 is 30.9 Å². The molecule has 112 valence electrons. The molecule has 0 aliphatic heterocycles. The molecule has 2 fully saturated rings. The number of rotatable bonds is 4. The molecule has 2 rings (SSSR count). The zero-order valence-electron chi connectivity index (χ0n) is 13.3. The lowest BCUT2D eigenvalue weighted by Crippen LogP contribution is -2.46. The van der Waals surface area contributed by atoms with Gasteiger partial charge >= 0.3 is 0 Å². The average molecular weight is 394 g/mol. The molecule has 1 nitrogen and oxygen atoms in total. The van der Waals surface area contributed by atoms with Crippen LogP contribution in [0.5, 0.6) is 0 Å². The van der Waals surface area contributed by atoms with Gasteiger partial charge in [-0.15, -0.1) is 0 Å². The van der Waals surface area contributed by atoms with Crippen molar-refractivity contribution in [2.75, 3.05) is 4.43 Å². The largest absolute Gasteiger partial charge is 0.414 e. The van der Waals surface area contributed by atoms with Gasteiger partial charge in [-0.3, -0.25) is 0 Å². The number of hydrogen-bond acceptors (Lipinski definition) is 1. The molecule has 2 aliphatic carbocycles. The fourth-order valence-corrected chi connectivity index (χ4v) is 6.60. The maximum absolute atomic E-state index is 6.56. The van der Waals surface area contributed by atoms with E-state index in [0.717, 1.165) is 17.8 Å². The Morgan fingerprint density at radius 3 is 2.53 bits per heavy atom. The third kappa shape index (κ3) is 3.39. The lowest BCUT2D eigenvalue weighted by molar-refractivity contribution is -0.0152. The van der Waals surface area contributed by atoms with Gasteiger partial charge in [0.25, 0.3) is 0 Å². The molecule has 2 unspecified atom stereocenters. The number of hydrogen-bond donors (Lipinski definition) is 0. The molecule has 2 saturated carbocycles. The first-order valence-corrected chi connectivity index (χ1v) is 12.9. The van der Waals surface area contributed by atoms with Gasteiger partial charge in [0.2, 0.25) is 0 Å². The van der Waals surface area contributed by atoms with Crippen molar-refractivity contribution in [3.8, 4) is 0 Å². The van der Waals surface area contributed by atoms with E-state index < -0.39 is 8.32 Å². The van der Waals surface area contributed by atoms with Gasteiger partial charge in [-0.25, -0.2) is 0 Å². The second-order valence-electron chi connectivity index (χ2n) is 8.09. The summed E-state index contributed by atoms with van der Waals surface area (Å²) < 4.78 is 7.87. The lowest BCUT2D eigenvalue weighted by Gasteiger charge is -2.47. The van der Waals surface area contributed by atoms with Crippen molar-refractivity contribution in [2.24, 2.45) is 23.2 Å². The molecule has 0 heterocycles. The van der Waals surface area contributed by atoms with Crippen LogP contribution < -0.4 is 0 Å². The van der Waals surface area contributed by atoms with Gasteiger partial charge in [0.05, 0.1) is 0 Å². The van der Waals surface area contributed by atoms with E-state index in [1.54, 1.807) is 0 Å². The first-order valence-electron chi connectivity index (χ1n) is 8.02. The maximum atomic E-state index is 6.56. The third-order valence-corrected chi connectivity index (χ3v) is 7.97. The highest BCUT2D eigenvalue weighted by molar-refractivity contribution is 14.1. The monoisotopic (exact) mass is 394 g/mol. The molecule has 0 radical (unpaired) electrons. The predicted molar refractivity (Wildman–Crippen MR) is 94.4 cm³/mol. The Morgan fingerprint density at radius 1 is 1.26 bits per heavy atom. The minimum Gasteiger partial charge on any atom is -0.414 e. The fourth-order valence-electron chi connectivity index (χ4n) is 4.80. The molecule has 5 atom stereocenters. The number of alkyl halides is 1. The van der Waals surface area contributed by atoms with Crippen LogP contribution in [0.25, 0.3) is 0 Å². The summed E-state index contributed by atoms with van der Waals surface area (Å²) in [5.74, 6) is 2.65. The molecular formula is C16H31IOSi. The summed E-state index contributed by atoms with van der Waals surface area (Å²) in [4.78, 5) is 0. The number of fused-ring (bicyclic) bond motifs is 1. The Labute approximate surface area is 134 Å². The SMILES string of the molecule is C[C@@H](CI)[C@H]1CCC2C(O[Si](C)(C)C)CCC[C@@]21C. The molecule has 0 aromatic rings. The molecular weight excluding hydrogens is 363 g/mol. The quantitative estimate of drug-likeness (QED) is 0.348. The van der Waals surface area contributed by atoms with Gasteiger partial charge in [0.1, 0.15) is 0 Å². The van der Waals surface area contributed by atoms with Gasteiger partial charge in [-0.05, 0) is 68.5 Å². The lowest BCUT2D eigenvalue weighted by atomic mass is 9.62. The minimum absolute atomic E-state index is 0.563. The molecule has 3 heteroatoms. The molecule has 0 aromatic heterocycles. The van der Waals surface area contributed by atoms with Crippen LogP contribution in [0.15, 0.2) is 0 Å². The maximum Gasteiger partial charge on any atom is 0.184 e. The van der Waals surface area contributed by atoms with E-state index in [9.17, 15) is 0 Å². The van der Waals surface area contributed by atoms with Crippen molar-refractivity contribution in [3.05, 3.63) is 0 Å². The summed E-state index contributed by atoms with van der Waals surface area (Å²) >= 11 is 2.58. The fraction of sp³-hybridized carbons (Fsp3) is 1.00. The van der Waals surface area contributed by atoms with Crippen LogP contribution in [0.3, 0.4) is 0 Å². The Morgan fingerprint density at radius 2 is 1.95 bits per heavy atom. The first-order chi connectivity index (χ1) is 8.78. The van der Waals surface area contributed by atoms with Gasteiger partial charge in [0, 0.05) is 10.5 Å². The zero-order valence-corrected chi connectivity index (χ0v) is 16.5. The van der Waals surface area contributed by atoms with Gasteiger partial charge in [0.15, 0.2) is 8.32 Å². The van der Waals surface area contributed by atoms with E-state index in [-0.39, 0.29) is 0 Å². The summed E-state index contributed by atoms with van der Waals surface area (Å²) in [6.45, 7) is 12.1. The van der Waals surface area contributed by atoms with E-state index >= 15 is 0 Å². The minimum atomic E-state index is -1.40. The second-order valence-corrected chi connectivity index (χ2v) is 13.4. The topological polar surface area (TPSA) is 9.23 Å². The third-order valence-electron chi connectivity index (χ3n) is 5.57. The van der Waals surface area contributed by atoms with Crippen molar-refractivity contribution in [1.82, 2.24) is 0 Å². The summed E-state index contributed by atoms with van der Waals surface area (Å²) in [6, 6.07) is 0. The zero-order chi connectivity index (χ0) is 14.3. The standard InChI is InChI=1S/C16H31IOSi/c1-12(11-17)13-8-9-14-15(18-19(3,4)5)7-6-10-16(13,14)2/h12-15H,6-11H2,1-5H3/t12-,13+,14?,15?,16+/m0/s1. The summed E-state index contributed by atoms with van der Waals surface area (Å²) in [7, 11) is -1.40. The Kier molecular flexibility index (Phi) is 5.10. The molecule has 0 spiro atoms. The molecule has 0 amide bonds. The summed E-state index contributed by atoms with van der Waals surface area (Å²) in [5, 5.41) is 0. The average Bonchev–Trinajstić information content (AvgIpc) is 2.64. The van der Waals surface area contributed by atoms with Crippen LogP contribution >= 0.6 is 22.6 Å². The van der Waals surface area contributed by atoms with Gasteiger partial charge in [-0.2, -0.15) is 0 Å². The van der Waals surface area contributed by atoms with Crippen molar-refractivity contribution in [1.29, 1.82) is 0 Å². The smallest absolute Gasteiger partial charge is 0.184 e. The van der Waals surface area contributed by atoms with Crippen LogP contribution in [-0.2, 0) is 4.43 Å².